The SMILES string of the molecule is COc1ccc([C@@H](C/C=C/C(=O)N2C(=O)OC(c3ccccc3)(c3ccccc3)[C@@H]2C(C)C)O[Si](c2ccccc2)(c2ccccc2)C(C)(C)C)cc1. The van der Waals surface area contributed by atoms with Gasteiger partial charge in [-0.2, -0.15) is 0 Å². The predicted molar refractivity (Wildman–Crippen MR) is 214 cm³/mol. The van der Waals surface area contributed by atoms with E-state index in [0.29, 0.717) is 6.42 Å². The van der Waals surface area contributed by atoms with Crippen LogP contribution in [-0.2, 0) is 19.6 Å². The van der Waals surface area contributed by atoms with Gasteiger partial charge in [0.1, 0.15) is 5.75 Å². The van der Waals surface area contributed by atoms with Gasteiger partial charge in [0.05, 0.1) is 19.3 Å². The topological polar surface area (TPSA) is 65.1 Å². The van der Waals surface area contributed by atoms with Gasteiger partial charge in [0.2, 0.25) is 0 Å². The lowest BCUT2D eigenvalue weighted by molar-refractivity contribution is -0.125. The fourth-order valence-corrected chi connectivity index (χ4v) is 12.6. The normalized spacial score (nSPS) is 16.5. The molecule has 2 atom stereocenters. The van der Waals surface area contributed by atoms with Crippen LogP contribution in [0.15, 0.2) is 158 Å². The highest BCUT2D eigenvalue weighted by molar-refractivity contribution is 6.99. The van der Waals surface area contributed by atoms with Crippen molar-refractivity contribution in [1.29, 1.82) is 0 Å². The lowest BCUT2D eigenvalue weighted by Gasteiger charge is -2.45. The fourth-order valence-electron chi connectivity index (χ4n) is 7.88. The van der Waals surface area contributed by atoms with E-state index in [2.05, 4.69) is 69.3 Å². The molecule has 1 aliphatic heterocycles. The molecule has 6 nitrogen and oxygen atoms in total. The second kappa shape index (κ2) is 15.8. The second-order valence-electron chi connectivity index (χ2n) is 14.9. The van der Waals surface area contributed by atoms with Crippen LogP contribution in [0, 0.1) is 5.92 Å². The summed E-state index contributed by atoms with van der Waals surface area (Å²) in [5, 5.41) is 2.06. The molecule has 1 heterocycles. The lowest BCUT2D eigenvalue weighted by atomic mass is 9.75. The lowest BCUT2D eigenvalue weighted by Crippen LogP contribution is -2.66. The summed E-state index contributed by atoms with van der Waals surface area (Å²) in [7, 11) is -1.33. The molecule has 0 radical (unpaired) electrons. The van der Waals surface area contributed by atoms with E-state index in [1.165, 1.54) is 11.0 Å². The van der Waals surface area contributed by atoms with Crippen molar-refractivity contribution in [1.82, 2.24) is 4.90 Å². The minimum atomic E-state index is -2.99. The van der Waals surface area contributed by atoms with Crippen molar-refractivity contribution < 1.29 is 23.5 Å². The van der Waals surface area contributed by atoms with E-state index < -0.39 is 38.1 Å². The van der Waals surface area contributed by atoms with Gasteiger partial charge in [0.25, 0.3) is 14.2 Å². The number of imide groups is 1. The van der Waals surface area contributed by atoms with E-state index in [1.807, 2.05) is 117 Å². The molecule has 1 saturated heterocycles. The molecule has 0 aliphatic carbocycles. The minimum Gasteiger partial charge on any atom is -0.497 e. The number of cyclic esters (lactones) is 1. The van der Waals surface area contributed by atoms with Crippen LogP contribution in [0.1, 0.15) is 63.8 Å². The summed E-state index contributed by atoms with van der Waals surface area (Å²) in [6.45, 7) is 10.8. The van der Waals surface area contributed by atoms with Crippen molar-refractivity contribution in [2.24, 2.45) is 5.92 Å². The highest BCUT2D eigenvalue weighted by Gasteiger charge is 2.59. The first kappa shape index (κ1) is 37.5. The second-order valence-corrected chi connectivity index (χ2v) is 19.2. The summed E-state index contributed by atoms with van der Waals surface area (Å²) < 4.78 is 19.4. The third-order valence-corrected chi connectivity index (χ3v) is 15.3. The average Bonchev–Trinajstić information content (AvgIpc) is 3.51. The van der Waals surface area contributed by atoms with Gasteiger partial charge in [-0.05, 0) is 51.5 Å². The Morgan fingerprint density at radius 3 is 1.68 bits per heavy atom. The van der Waals surface area contributed by atoms with Gasteiger partial charge in [0, 0.05) is 11.1 Å². The van der Waals surface area contributed by atoms with Gasteiger partial charge in [-0.3, -0.25) is 4.79 Å². The zero-order valence-corrected chi connectivity index (χ0v) is 32.4. The van der Waals surface area contributed by atoms with Gasteiger partial charge < -0.3 is 13.9 Å². The largest absolute Gasteiger partial charge is 0.497 e. The van der Waals surface area contributed by atoms with E-state index in [9.17, 15) is 9.59 Å². The Bertz CT molecular complexity index is 1910. The number of carbonyl (C=O) groups is 2. The average molecular weight is 724 g/mol. The Morgan fingerprint density at radius 1 is 0.774 bits per heavy atom. The highest BCUT2D eigenvalue weighted by atomic mass is 28.4. The number of nitrogens with zero attached hydrogens (tertiary/aromatic N) is 1. The van der Waals surface area contributed by atoms with Crippen LogP contribution in [0.3, 0.4) is 0 Å². The summed E-state index contributed by atoms with van der Waals surface area (Å²) in [5.41, 5.74) is 1.42. The van der Waals surface area contributed by atoms with Crippen LogP contribution < -0.4 is 15.1 Å². The van der Waals surface area contributed by atoms with E-state index in [4.69, 9.17) is 13.9 Å². The molecule has 6 rings (SSSR count). The standard InChI is InChI=1S/C46H49NO5Si/c1-34(2)43-46(36-20-11-7-12-21-36,37-22-13-8-14-23-37)51-44(49)47(43)42(48)29-19-28-41(35-30-32-38(50-6)33-31-35)52-53(45(3,4)5,39-24-15-9-16-25-39)40-26-17-10-18-27-40/h7-27,29-34,41,43H,28H2,1-6H3/b29-19+/t41-,43+/m1/s1. The molecule has 272 valence electrons. The monoisotopic (exact) mass is 723 g/mol. The van der Waals surface area contributed by atoms with Crippen LogP contribution in [0.2, 0.25) is 5.04 Å². The molecular weight excluding hydrogens is 675 g/mol. The molecule has 0 unspecified atom stereocenters. The molecule has 0 N–H and O–H groups in total. The maximum atomic E-state index is 14.3. The third-order valence-electron chi connectivity index (χ3n) is 10.2. The van der Waals surface area contributed by atoms with Crippen LogP contribution in [0.4, 0.5) is 4.79 Å². The predicted octanol–water partition coefficient (Wildman–Crippen LogP) is 9.21. The fraction of sp³-hybridized carbons (Fsp3) is 0.261. The van der Waals surface area contributed by atoms with Crippen LogP contribution in [0.5, 0.6) is 5.75 Å². The molecule has 0 spiro atoms. The van der Waals surface area contributed by atoms with Gasteiger partial charge in [0.15, 0.2) is 5.60 Å². The van der Waals surface area contributed by atoms with Crippen LogP contribution >= 0.6 is 0 Å². The molecule has 1 fully saturated rings. The van der Waals surface area contributed by atoms with Crippen molar-refractivity contribution in [3.63, 3.8) is 0 Å². The smallest absolute Gasteiger partial charge is 0.418 e. The molecule has 0 bridgehead atoms. The minimum absolute atomic E-state index is 0.121. The molecule has 53 heavy (non-hydrogen) atoms. The number of hydrogen-bond acceptors (Lipinski definition) is 5. The number of carbonyl (C=O) groups excluding carboxylic acids is 2. The van der Waals surface area contributed by atoms with Gasteiger partial charge in [-0.1, -0.05) is 174 Å². The summed E-state index contributed by atoms with van der Waals surface area (Å²) in [5.74, 6) is 0.197. The van der Waals surface area contributed by atoms with Crippen molar-refractivity contribution in [3.05, 3.63) is 174 Å². The van der Waals surface area contributed by atoms with Gasteiger partial charge in [-0.15, -0.1) is 0 Å². The summed E-state index contributed by atoms with van der Waals surface area (Å²) in [4.78, 5) is 29.5. The number of rotatable bonds is 12. The molecule has 5 aromatic carbocycles. The Kier molecular flexibility index (Phi) is 11.2. The zero-order valence-electron chi connectivity index (χ0n) is 31.4. The summed E-state index contributed by atoms with van der Waals surface area (Å²) >= 11 is 0. The van der Waals surface area contributed by atoms with Crippen molar-refractivity contribution >= 4 is 30.7 Å². The first-order chi connectivity index (χ1) is 25.5. The van der Waals surface area contributed by atoms with E-state index in [1.54, 1.807) is 7.11 Å². The Morgan fingerprint density at radius 2 is 1.25 bits per heavy atom. The van der Waals surface area contributed by atoms with E-state index in [0.717, 1.165) is 32.8 Å². The quantitative estimate of drug-likeness (QED) is 0.0949. The molecule has 0 aromatic heterocycles. The number of ether oxygens (including phenoxy) is 2. The van der Waals surface area contributed by atoms with Crippen molar-refractivity contribution in [3.8, 4) is 5.75 Å². The maximum absolute atomic E-state index is 14.3. The number of benzene rings is 5. The molecule has 7 heteroatoms. The zero-order chi connectivity index (χ0) is 37.6. The highest BCUT2D eigenvalue weighted by Crippen LogP contribution is 2.47. The van der Waals surface area contributed by atoms with E-state index >= 15 is 0 Å². The number of hydrogen-bond donors (Lipinski definition) is 0. The summed E-state index contributed by atoms with van der Waals surface area (Å²) in [6, 6.07) is 47.8. The van der Waals surface area contributed by atoms with Gasteiger partial charge in [-0.25, -0.2) is 9.69 Å². The Hall–Kier alpha value is -5.24. The first-order valence-corrected chi connectivity index (χ1v) is 20.2. The number of amides is 2. The van der Waals surface area contributed by atoms with Crippen molar-refractivity contribution in [2.75, 3.05) is 7.11 Å². The molecule has 5 aromatic rings. The van der Waals surface area contributed by atoms with E-state index in [-0.39, 0.29) is 11.0 Å². The van der Waals surface area contributed by atoms with Crippen LogP contribution in [-0.4, -0.2) is 38.4 Å². The first-order valence-electron chi connectivity index (χ1n) is 18.3. The van der Waals surface area contributed by atoms with Crippen molar-refractivity contribution in [2.45, 2.75) is 63.8 Å². The maximum Gasteiger partial charge on any atom is 0.418 e. The molecule has 0 saturated carbocycles. The Labute approximate surface area is 315 Å². The molecular formula is C46H49NO5Si. The molecule has 1 aliphatic rings. The third kappa shape index (κ3) is 7.24. The Balaban J connectivity index is 1.39. The summed E-state index contributed by atoms with van der Waals surface area (Å²) in [6.07, 6.45) is 2.65. The number of methoxy groups -OCH3 is 1. The molecule has 2 amide bonds. The van der Waals surface area contributed by atoms with Gasteiger partial charge >= 0.3 is 6.09 Å². The van der Waals surface area contributed by atoms with Crippen LogP contribution in [0.25, 0.3) is 0 Å².